The summed E-state index contributed by atoms with van der Waals surface area (Å²) >= 11 is 3.27. The van der Waals surface area contributed by atoms with E-state index in [1.165, 1.54) is 12.1 Å². The minimum absolute atomic E-state index is 0.0289. The summed E-state index contributed by atoms with van der Waals surface area (Å²) in [5.41, 5.74) is 6.84. The molecule has 0 aliphatic rings. The molecule has 0 aliphatic heterocycles. The smallest absolute Gasteiger partial charge is 0.273 e. The molecule has 2 rings (SSSR count). The second-order valence-electron chi connectivity index (χ2n) is 3.74. The summed E-state index contributed by atoms with van der Waals surface area (Å²) in [6.45, 7) is 0.185. The lowest BCUT2D eigenvalue weighted by Gasteiger charge is -2.07. The molecule has 2 N–H and O–H groups in total. The maximum atomic E-state index is 10.7. The van der Waals surface area contributed by atoms with Gasteiger partial charge in [-0.25, -0.2) is 0 Å². The van der Waals surface area contributed by atoms with E-state index in [9.17, 15) is 10.1 Å². The van der Waals surface area contributed by atoms with E-state index in [-0.39, 0.29) is 12.3 Å². The maximum Gasteiger partial charge on any atom is 0.273 e. The number of aromatic nitrogens is 1. The van der Waals surface area contributed by atoms with Crippen molar-refractivity contribution in [2.24, 2.45) is 0 Å². The topological polar surface area (TPSA) is 91.3 Å². The van der Waals surface area contributed by atoms with Crippen LogP contribution in [-0.4, -0.2) is 9.91 Å². The molecular weight excluding hydrogens is 314 g/mol. The largest absolute Gasteiger partial charge is 0.486 e. The highest BCUT2D eigenvalue weighted by atomic mass is 79.9. The molecule has 0 amide bonds. The van der Waals surface area contributed by atoms with Crippen molar-refractivity contribution in [3.63, 3.8) is 0 Å². The number of hydrogen-bond donors (Lipinski definition) is 1. The summed E-state index contributed by atoms with van der Waals surface area (Å²) in [6.07, 6.45) is 1.58. The zero-order valence-corrected chi connectivity index (χ0v) is 11.3. The molecule has 1 aromatic carbocycles. The van der Waals surface area contributed by atoms with Gasteiger partial charge in [0.15, 0.2) is 0 Å². The highest BCUT2D eigenvalue weighted by molar-refractivity contribution is 9.10. The van der Waals surface area contributed by atoms with Gasteiger partial charge in [0.25, 0.3) is 5.69 Å². The molecule has 7 heteroatoms. The molecule has 0 saturated carbocycles. The summed E-state index contributed by atoms with van der Waals surface area (Å²) in [4.78, 5) is 14.3. The molecule has 0 fully saturated rings. The van der Waals surface area contributed by atoms with Crippen LogP contribution in [0, 0.1) is 10.1 Å². The Labute approximate surface area is 117 Å². The summed E-state index contributed by atoms with van der Waals surface area (Å²) in [7, 11) is 0. The Morgan fingerprint density at radius 1 is 1.37 bits per heavy atom. The van der Waals surface area contributed by atoms with Gasteiger partial charge in [-0.2, -0.15) is 0 Å². The molecule has 0 unspecified atom stereocenters. The number of rotatable bonds is 4. The third-order valence-electron chi connectivity index (χ3n) is 2.34. The van der Waals surface area contributed by atoms with Crippen LogP contribution in [-0.2, 0) is 6.61 Å². The van der Waals surface area contributed by atoms with E-state index >= 15 is 0 Å². The van der Waals surface area contributed by atoms with Gasteiger partial charge in [-0.1, -0.05) is 0 Å². The van der Waals surface area contributed by atoms with Crippen molar-refractivity contribution < 1.29 is 9.66 Å². The predicted octanol–water partition coefficient (Wildman–Crippen LogP) is 2.91. The third kappa shape index (κ3) is 3.41. The minimum atomic E-state index is -0.474. The van der Waals surface area contributed by atoms with Gasteiger partial charge < -0.3 is 10.5 Å². The number of anilines is 1. The number of pyridine rings is 1. The number of hydrogen-bond acceptors (Lipinski definition) is 5. The van der Waals surface area contributed by atoms with Crippen molar-refractivity contribution in [1.29, 1.82) is 0 Å². The Hall–Kier alpha value is -2.15. The third-order valence-corrected chi connectivity index (χ3v) is 3.00. The fraction of sp³-hybridized carbons (Fsp3) is 0.0833. The molecule has 1 aromatic heterocycles. The quantitative estimate of drug-likeness (QED) is 0.690. The van der Waals surface area contributed by atoms with Crippen molar-refractivity contribution >= 4 is 27.3 Å². The molecule has 6 nitrogen and oxygen atoms in total. The molecule has 0 bridgehead atoms. The molecule has 1 heterocycles. The van der Waals surface area contributed by atoms with E-state index in [1.807, 2.05) is 0 Å². The van der Waals surface area contributed by atoms with E-state index < -0.39 is 4.92 Å². The molecule has 0 aliphatic carbocycles. The Morgan fingerprint density at radius 2 is 2.16 bits per heavy atom. The molecule has 0 radical (unpaired) electrons. The van der Waals surface area contributed by atoms with Gasteiger partial charge in [-0.15, -0.1) is 0 Å². The Bertz CT molecular complexity index is 619. The van der Waals surface area contributed by atoms with Gasteiger partial charge in [0, 0.05) is 18.0 Å². The number of nitrogens with two attached hydrogens (primary N) is 1. The van der Waals surface area contributed by atoms with Crippen molar-refractivity contribution in [2.45, 2.75) is 6.61 Å². The van der Waals surface area contributed by atoms with Gasteiger partial charge in [0.05, 0.1) is 21.2 Å². The van der Waals surface area contributed by atoms with Crippen LogP contribution in [0.15, 0.2) is 41.0 Å². The van der Waals surface area contributed by atoms with Crippen LogP contribution < -0.4 is 10.5 Å². The number of benzene rings is 1. The molecule has 19 heavy (non-hydrogen) atoms. The SMILES string of the molecule is Nc1ccnc(COc2cc([N+](=O)[O-])ccc2Br)c1. The van der Waals surface area contributed by atoms with Crippen LogP contribution in [0.25, 0.3) is 0 Å². The van der Waals surface area contributed by atoms with Crippen molar-refractivity contribution in [2.75, 3.05) is 5.73 Å². The molecule has 0 atom stereocenters. The van der Waals surface area contributed by atoms with Gasteiger partial charge in [0.1, 0.15) is 12.4 Å². The standard InChI is InChI=1S/C12H10BrN3O3/c13-11-2-1-10(16(17)18)6-12(11)19-7-9-5-8(14)3-4-15-9/h1-6H,7H2,(H2,14,15). The highest BCUT2D eigenvalue weighted by Gasteiger charge is 2.10. The summed E-state index contributed by atoms with van der Waals surface area (Å²) in [5, 5.41) is 10.7. The van der Waals surface area contributed by atoms with E-state index in [1.54, 1.807) is 24.4 Å². The molecule has 0 saturated heterocycles. The molecule has 98 valence electrons. The summed E-state index contributed by atoms with van der Waals surface area (Å²) in [6, 6.07) is 7.68. The second-order valence-corrected chi connectivity index (χ2v) is 4.60. The first-order valence-corrected chi connectivity index (χ1v) is 6.12. The summed E-state index contributed by atoms with van der Waals surface area (Å²) in [5.74, 6) is 0.387. The lowest BCUT2D eigenvalue weighted by Crippen LogP contribution is -2.00. The number of nitrogen functional groups attached to an aromatic ring is 1. The molecule has 2 aromatic rings. The van der Waals surface area contributed by atoms with Crippen LogP contribution in [0.2, 0.25) is 0 Å². The van der Waals surface area contributed by atoms with Crippen molar-refractivity contribution in [1.82, 2.24) is 4.98 Å². The van der Waals surface area contributed by atoms with Crippen molar-refractivity contribution in [3.8, 4) is 5.75 Å². The average molecular weight is 324 g/mol. The lowest BCUT2D eigenvalue weighted by molar-refractivity contribution is -0.385. The number of non-ortho nitro benzene ring substituents is 1. The van der Waals surface area contributed by atoms with Crippen LogP contribution in [0.1, 0.15) is 5.69 Å². The van der Waals surface area contributed by atoms with Gasteiger partial charge in [0.2, 0.25) is 0 Å². The van der Waals surface area contributed by atoms with Gasteiger partial charge in [-0.3, -0.25) is 15.1 Å². The van der Waals surface area contributed by atoms with E-state index in [4.69, 9.17) is 10.5 Å². The first kappa shape index (κ1) is 13.3. The van der Waals surface area contributed by atoms with E-state index in [0.29, 0.717) is 21.6 Å². The first-order valence-electron chi connectivity index (χ1n) is 5.33. The highest BCUT2D eigenvalue weighted by Crippen LogP contribution is 2.29. The molecular formula is C12H10BrN3O3. The van der Waals surface area contributed by atoms with E-state index in [2.05, 4.69) is 20.9 Å². The Kier molecular flexibility index (Phi) is 3.96. The summed E-state index contributed by atoms with van der Waals surface area (Å²) < 4.78 is 6.14. The fourth-order valence-corrected chi connectivity index (χ4v) is 1.80. The van der Waals surface area contributed by atoms with Gasteiger partial charge in [-0.05, 0) is 34.1 Å². The predicted molar refractivity (Wildman–Crippen MR) is 73.8 cm³/mol. The van der Waals surface area contributed by atoms with Crippen LogP contribution in [0.3, 0.4) is 0 Å². The Morgan fingerprint density at radius 3 is 2.84 bits per heavy atom. The molecule has 0 spiro atoms. The van der Waals surface area contributed by atoms with E-state index in [0.717, 1.165) is 0 Å². The number of nitro benzene ring substituents is 1. The van der Waals surface area contributed by atoms with Crippen molar-refractivity contribution in [3.05, 3.63) is 56.8 Å². The van der Waals surface area contributed by atoms with Crippen LogP contribution in [0.4, 0.5) is 11.4 Å². The van der Waals surface area contributed by atoms with Crippen LogP contribution >= 0.6 is 15.9 Å². The lowest BCUT2D eigenvalue weighted by atomic mass is 10.3. The normalized spacial score (nSPS) is 10.2. The average Bonchev–Trinajstić information content (AvgIpc) is 2.37. The van der Waals surface area contributed by atoms with Crippen LogP contribution in [0.5, 0.6) is 5.75 Å². The fourth-order valence-electron chi connectivity index (χ4n) is 1.44. The number of halogens is 1. The second kappa shape index (κ2) is 5.66. The minimum Gasteiger partial charge on any atom is -0.486 e. The number of nitro groups is 1. The first-order chi connectivity index (χ1) is 9.06. The number of nitrogens with zero attached hydrogens (tertiary/aromatic N) is 2. The van der Waals surface area contributed by atoms with Gasteiger partial charge >= 0.3 is 0 Å². The zero-order valence-electron chi connectivity index (χ0n) is 9.75. The maximum absolute atomic E-state index is 10.7. The zero-order chi connectivity index (χ0) is 13.8. The number of ether oxygens (including phenoxy) is 1. The Balaban J connectivity index is 2.15. The monoisotopic (exact) mass is 323 g/mol.